The number of hydrogen-bond donors (Lipinski definition) is 2. The number of carbonyl (C=O) groups excluding carboxylic acids is 1. The van der Waals surface area contributed by atoms with E-state index in [1.54, 1.807) is 12.1 Å². The largest absolute Gasteiger partial charge is 0.465 e. The minimum atomic E-state index is -1.41. The lowest BCUT2D eigenvalue weighted by molar-refractivity contribution is -0.158. The molecule has 1 aromatic rings. The van der Waals surface area contributed by atoms with E-state index in [-0.39, 0.29) is 18.4 Å². The smallest absolute Gasteiger partial charge is 0.407 e. The molecule has 0 spiro atoms. The van der Waals surface area contributed by atoms with Crippen LogP contribution in [0.3, 0.4) is 0 Å². The molecule has 1 aliphatic heterocycles. The minimum Gasteiger partial charge on any atom is -0.465 e. The average molecular weight is 497 g/mol. The van der Waals surface area contributed by atoms with E-state index in [1.165, 1.54) is 4.90 Å². The molecule has 0 aliphatic carbocycles. The van der Waals surface area contributed by atoms with Crippen molar-refractivity contribution in [3.8, 4) is 0 Å². The molecular weight excluding hydrogens is 456 g/mol. The molecule has 1 heterocycles. The van der Waals surface area contributed by atoms with Gasteiger partial charge in [0, 0.05) is 44.7 Å². The van der Waals surface area contributed by atoms with Gasteiger partial charge in [0.2, 0.25) is 5.91 Å². The Morgan fingerprint density at radius 1 is 1.18 bits per heavy atom. The maximum atomic E-state index is 13.6. The first-order chi connectivity index (χ1) is 15.1. The number of likely N-dealkylation sites (tertiary alicyclic amines) is 1. The molecule has 0 aromatic heterocycles. The molecule has 6 nitrogen and oxygen atoms in total. The first kappa shape index (κ1) is 27.7. The third-order valence-corrected chi connectivity index (χ3v) is 9.00. The molecule has 1 fully saturated rings. The Kier molecular flexibility index (Phi) is 8.69. The van der Waals surface area contributed by atoms with E-state index in [0.717, 1.165) is 11.6 Å². The summed E-state index contributed by atoms with van der Waals surface area (Å²) in [6.07, 6.45) is -0.556. The highest BCUT2D eigenvalue weighted by Crippen LogP contribution is 2.46. The van der Waals surface area contributed by atoms with Gasteiger partial charge in [0.05, 0.1) is 11.5 Å². The Bertz CT molecular complexity index is 838. The normalized spacial score (nSPS) is 21.7. The van der Waals surface area contributed by atoms with Gasteiger partial charge in [-0.15, -0.1) is 0 Å². The molecule has 0 bridgehead atoms. The van der Waals surface area contributed by atoms with E-state index < -0.39 is 31.1 Å². The summed E-state index contributed by atoms with van der Waals surface area (Å²) in [5, 5.41) is 22.0. The molecule has 0 saturated carbocycles. The van der Waals surface area contributed by atoms with Crippen LogP contribution in [0.15, 0.2) is 24.3 Å². The maximum absolute atomic E-state index is 13.6. The molecule has 2 amide bonds. The van der Waals surface area contributed by atoms with E-state index in [1.807, 2.05) is 44.7 Å². The molecule has 2 rings (SSSR count). The summed E-state index contributed by atoms with van der Waals surface area (Å²) >= 11 is 6.03. The highest BCUT2D eigenvalue weighted by atomic mass is 35.5. The van der Waals surface area contributed by atoms with Crippen molar-refractivity contribution in [1.29, 1.82) is 0 Å². The first-order valence-electron chi connectivity index (χ1n) is 11.8. The molecule has 1 aromatic carbocycles. The monoisotopic (exact) mass is 496 g/mol. The summed E-state index contributed by atoms with van der Waals surface area (Å²) in [5.74, 6) is -0.442. The predicted molar refractivity (Wildman–Crippen MR) is 136 cm³/mol. The van der Waals surface area contributed by atoms with Crippen LogP contribution in [0, 0.1) is 17.3 Å². The number of carbonyl (C=O) groups is 2. The van der Waals surface area contributed by atoms with E-state index in [9.17, 15) is 19.8 Å². The van der Waals surface area contributed by atoms with E-state index >= 15 is 0 Å². The van der Waals surface area contributed by atoms with Crippen molar-refractivity contribution < 1.29 is 19.8 Å². The van der Waals surface area contributed by atoms with E-state index in [2.05, 4.69) is 19.6 Å². The van der Waals surface area contributed by atoms with Crippen LogP contribution in [0.1, 0.15) is 39.7 Å². The van der Waals surface area contributed by atoms with Crippen LogP contribution in [0.4, 0.5) is 4.79 Å². The fourth-order valence-corrected chi connectivity index (χ4v) is 5.62. The molecule has 0 radical (unpaired) electrons. The minimum absolute atomic E-state index is 0.00594. The second kappa shape index (κ2) is 10.4. The van der Waals surface area contributed by atoms with Crippen molar-refractivity contribution >= 4 is 31.7 Å². The topological polar surface area (TPSA) is 81.1 Å². The molecule has 2 N–H and O–H groups in total. The van der Waals surface area contributed by atoms with Crippen LogP contribution in [0.25, 0.3) is 0 Å². The van der Waals surface area contributed by atoms with Gasteiger partial charge >= 0.3 is 6.09 Å². The van der Waals surface area contributed by atoms with Gasteiger partial charge in [-0.25, -0.2) is 4.79 Å². The van der Waals surface area contributed by atoms with Gasteiger partial charge in [0.25, 0.3) is 0 Å². The molecule has 0 unspecified atom stereocenters. The van der Waals surface area contributed by atoms with Crippen molar-refractivity contribution in [3.05, 3.63) is 34.9 Å². The second-order valence-corrected chi connectivity index (χ2v) is 17.7. The number of piperidine rings is 1. The number of benzene rings is 1. The van der Waals surface area contributed by atoms with Gasteiger partial charge in [-0.3, -0.25) is 4.79 Å². The van der Waals surface area contributed by atoms with Gasteiger partial charge in [0.15, 0.2) is 0 Å². The van der Waals surface area contributed by atoms with Gasteiger partial charge < -0.3 is 20.0 Å². The Hall–Kier alpha value is -1.57. The maximum Gasteiger partial charge on any atom is 0.407 e. The van der Waals surface area contributed by atoms with Crippen molar-refractivity contribution in [2.75, 3.05) is 26.2 Å². The number of aliphatic hydroxyl groups is 1. The first-order valence-corrected chi connectivity index (χ1v) is 15.9. The Labute approximate surface area is 204 Å². The molecule has 33 heavy (non-hydrogen) atoms. The number of hydrogen-bond acceptors (Lipinski definition) is 3. The third kappa shape index (κ3) is 6.73. The van der Waals surface area contributed by atoms with Crippen molar-refractivity contribution in [1.82, 2.24) is 9.80 Å². The summed E-state index contributed by atoms with van der Waals surface area (Å²) in [5.41, 5.74) is -0.861. The lowest BCUT2D eigenvalue weighted by Gasteiger charge is -2.51. The van der Waals surface area contributed by atoms with Gasteiger partial charge in [-0.05, 0) is 36.1 Å². The predicted octanol–water partition coefficient (Wildman–Crippen LogP) is 5.38. The standard InChI is InChI=1S/C25H41ClN2O4Si/c1-18(2)21(16-27(23(30)31)14-15-33(5,6)7)22(29)28-13-12-25(32,24(3,4)17-28)19-8-10-20(26)11-9-19/h8-11,18,21,32H,12-17H2,1-7H3,(H,30,31)/t21-,25+/m1/s1. The fraction of sp³-hybridized carbons (Fsp3) is 0.680. The molecule has 1 aliphatic rings. The molecule has 2 atom stereocenters. The Balaban J connectivity index is 2.19. The molecule has 8 heteroatoms. The van der Waals surface area contributed by atoms with Crippen LogP contribution in [-0.4, -0.2) is 66.3 Å². The lowest BCUT2D eigenvalue weighted by atomic mass is 9.66. The Morgan fingerprint density at radius 3 is 2.21 bits per heavy atom. The lowest BCUT2D eigenvalue weighted by Crippen LogP contribution is -2.58. The van der Waals surface area contributed by atoms with E-state index in [4.69, 9.17) is 11.6 Å². The summed E-state index contributed by atoms with van der Waals surface area (Å²) in [4.78, 5) is 28.7. The summed E-state index contributed by atoms with van der Waals surface area (Å²) < 4.78 is 0. The highest BCUT2D eigenvalue weighted by molar-refractivity contribution is 6.76. The molecule has 186 valence electrons. The summed E-state index contributed by atoms with van der Waals surface area (Å²) in [6, 6.07) is 8.11. The van der Waals surface area contributed by atoms with Gasteiger partial charge in [-0.2, -0.15) is 0 Å². The van der Waals surface area contributed by atoms with Crippen LogP contribution < -0.4 is 0 Å². The molecule has 1 saturated heterocycles. The number of halogens is 1. The fourth-order valence-electron chi connectivity index (χ4n) is 4.55. The zero-order valence-electron chi connectivity index (χ0n) is 21.2. The number of carboxylic acid groups (broad SMARTS) is 1. The van der Waals surface area contributed by atoms with Gasteiger partial charge in [0.1, 0.15) is 0 Å². The highest BCUT2D eigenvalue weighted by Gasteiger charge is 2.50. The number of rotatable bonds is 8. The van der Waals surface area contributed by atoms with Crippen LogP contribution in [0.2, 0.25) is 30.7 Å². The van der Waals surface area contributed by atoms with E-state index in [0.29, 0.717) is 31.1 Å². The summed E-state index contributed by atoms with van der Waals surface area (Å²) in [7, 11) is -1.41. The SMILES string of the molecule is CC(C)[C@@H](CN(CC[Si](C)(C)C)C(=O)O)C(=O)N1CC[C@](O)(c2ccc(Cl)cc2)C(C)(C)C1. The zero-order chi connectivity index (χ0) is 25.2. The van der Waals surface area contributed by atoms with Gasteiger partial charge in [-0.1, -0.05) is 71.1 Å². The summed E-state index contributed by atoms with van der Waals surface area (Å²) in [6.45, 7) is 16.0. The van der Waals surface area contributed by atoms with Crippen LogP contribution in [-0.2, 0) is 10.4 Å². The van der Waals surface area contributed by atoms with Crippen molar-refractivity contribution in [3.63, 3.8) is 0 Å². The Morgan fingerprint density at radius 2 is 1.76 bits per heavy atom. The van der Waals surface area contributed by atoms with Crippen LogP contribution in [0.5, 0.6) is 0 Å². The van der Waals surface area contributed by atoms with Crippen LogP contribution >= 0.6 is 11.6 Å². The third-order valence-electron chi connectivity index (χ3n) is 7.02. The zero-order valence-corrected chi connectivity index (χ0v) is 22.9. The number of nitrogens with zero attached hydrogens (tertiary/aromatic N) is 2. The number of amides is 2. The quantitative estimate of drug-likeness (QED) is 0.473. The second-order valence-electron chi connectivity index (χ2n) is 11.7. The average Bonchev–Trinajstić information content (AvgIpc) is 2.68. The van der Waals surface area contributed by atoms with Crippen molar-refractivity contribution in [2.24, 2.45) is 17.3 Å². The molecular formula is C25H41ClN2O4Si. The van der Waals surface area contributed by atoms with Crippen molar-refractivity contribution in [2.45, 2.75) is 65.4 Å².